The number of hydrogen-bond donors (Lipinski definition) is 0. The van der Waals surface area contributed by atoms with Crippen molar-refractivity contribution in [2.75, 3.05) is 0 Å². The average molecular weight is 467 g/mol. The fraction of sp³-hybridized carbons (Fsp3) is 0.292. The minimum atomic E-state index is -0.315. The topological polar surface area (TPSA) is 47.2 Å². The largest absolute Gasteiger partial charge is 0.491 e. The van der Waals surface area contributed by atoms with Crippen molar-refractivity contribution in [3.05, 3.63) is 81.7 Å². The lowest BCUT2D eigenvalue weighted by atomic mass is 9.97. The molecule has 5 nitrogen and oxygen atoms in total. The number of benzene rings is 2. The van der Waals surface area contributed by atoms with E-state index in [1.54, 1.807) is 0 Å². The van der Waals surface area contributed by atoms with Crippen molar-refractivity contribution < 1.29 is 13.9 Å². The molecule has 2 atom stereocenters. The second kappa shape index (κ2) is 7.51. The molecule has 1 aromatic heterocycles. The maximum Gasteiger partial charge on any atom is 0.213 e. The number of ether oxygens (including phenoxy) is 2. The van der Waals surface area contributed by atoms with Crippen molar-refractivity contribution >= 4 is 21.6 Å². The smallest absolute Gasteiger partial charge is 0.213 e. The van der Waals surface area contributed by atoms with Gasteiger partial charge in [-0.2, -0.15) is 5.10 Å². The molecule has 2 aliphatic rings. The number of hydrazone groups is 1. The summed E-state index contributed by atoms with van der Waals surface area (Å²) < 4.78 is 19.1. The first-order valence-corrected chi connectivity index (χ1v) is 10.9. The summed E-state index contributed by atoms with van der Waals surface area (Å²) in [6.07, 6.45) is 0.592. The summed E-state index contributed by atoms with van der Waals surface area (Å²) in [6, 6.07) is 18.3. The van der Waals surface area contributed by atoms with E-state index in [4.69, 9.17) is 19.0 Å². The zero-order chi connectivity index (χ0) is 20.8. The Bertz CT molecular complexity index is 1100. The molecular formula is C24H23BrN2O3. The first kappa shape index (κ1) is 19.2. The lowest BCUT2D eigenvalue weighted by Crippen LogP contribution is -2.33. The van der Waals surface area contributed by atoms with Gasteiger partial charge in [-0.1, -0.05) is 15.9 Å². The Morgan fingerprint density at radius 2 is 1.90 bits per heavy atom. The normalized spacial score (nSPS) is 19.9. The minimum Gasteiger partial charge on any atom is -0.491 e. The van der Waals surface area contributed by atoms with Crippen LogP contribution in [0.4, 0.5) is 0 Å². The first-order chi connectivity index (χ1) is 14.5. The van der Waals surface area contributed by atoms with E-state index in [1.165, 1.54) is 0 Å². The van der Waals surface area contributed by atoms with Gasteiger partial charge in [0.15, 0.2) is 0 Å². The molecule has 0 amide bonds. The maximum atomic E-state index is 6.42. The lowest BCUT2D eigenvalue weighted by molar-refractivity contribution is -0.0191. The van der Waals surface area contributed by atoms with Crippen LogP contribution < -0.4 is 9.47 Å². The van der Waals surface area contributed by atoms with Gasteiger partial charge >= 0.3 is 0 Å². The Morgan fingerprint density at radius 1 is 1.10 bits per heavy atom. The van der Waals surface area contributed by atoms with Crippen LogP contribution in [0.5, 0.6) is 11.5 Å². The second-order valence-electron chi connectivity index (χ2n) is 7.94. The van der Waals surface area contributed by atoms with Crippen LogP contribution in [0.2, 0.25) is 0 Å². The summed E-state index contributed by atoms with van der Waals surface area (Å²) in [5.41, 5.74) is 3.10. The summed E-state index contributed by atoms with van der Waals surface area (Å²) in [5.74, 6) is 3.44. The van der Waals surface area contributed by atoms with Gasteiger partial charge in [-0.05, 0) is 75.4 Å². The van der Waals surface area contributed by atoms with Crippen LogP contribution in [0.15, 0.2) is 68.6 Å². The third-order valence-electron chi connectivity index (χ3n) is 5.31. The molecule has 2 aromatic carbocycles. The highest BCUT2D eigenvalue weighted by Gasteiger charge is 2.41. The van der Waals surface area contributed by atoms with Gasteiger partial charge in [0.2, 0.25) is 6.23 Å². The van der Waals surface area contributed by atoms with Gasteiger partial charge in [0.1, 0.15) is 28.7 Å². The molecule has 3 heterocycles. The van der Waals surface area contributed by atoms with Crippen LogP contribution in [0.25, 0.3) is 0 Å². The van der Waals surface area contributed by atoms with Gasteiger partial charge in [-0.25, -0.2) is 5.01 Å². The standard InChI is InChI=1S/C24H23BrN2O3/c1-14(2)28-18-8-5-16(6-9-18)24-27-21(19-12-17(25)7-11-22(19)30-24)13-20(26-27)23-10-4-15(3)29-23/h4-12,14,21,24H,13H2,1-3H3/t21-,24-/m0/s1. The number of halogens is 1. The highest BCUT2D eigenvalue weighted by atomic mass is 79.9. The van der Waals surface area contributed by atoms with E-state index in [9.17, 15) is 0 Å². The molecule has 0 saturated carbocycles. The van der Waals surface area contributed by atoms with Gasteiger partial charge in [0, 0.05) is 22.0 Å². The van der Waals surface area contributed by atoms with Crippen LogP contribution in [-0.4, -0.2) is 16.8 Å². The molecule has 0 bridgehead atoms. The highest BCUT2D eigenvalue weighted by Crippen LogP contribution is 2.48. The van der Waals surface area contributed by atoms with Crippen molar-refractivity contribution in [1.29, 1.82) is 0 Å². The minimum absolute atomic E-state index is 0.0863. The zero-order valence-electron chi connectivity index (χ0n) is 17.1. The molecule has 5 rings (SSSR count). The summed E-state index contributed by atoms with van der Waals surface area (Å²) in [4.78, 5) is 0. The SMILES string of the molecule is Cc1ccc(C2=NN3[C@@H](C2)c2cc(Br)ccc2O[C@H]3c2ccc(OC(C)C)cc2)o1. The van der Waals surface area contributed by atoms with Crippen molar-refractivity contribution in [1.82, 2.24) is 5.01 Å². The van der Waals surface area contributed by atoms with Crippen molar-refractivity contribution in [3.63, 3.8) is 0 Å². The Kier molecular flexibility index (Phi) is 4.82. The van der Waals surface area contributed by atoms with E-state index in [1.807, 2.05) is 69.3 Å². The highest BCUT2D eigenvalue weighted by molar-refractivity contribution is 9.10. The van der Waals surface area contributed by atoms with E-state index in [0.29, 0.717) is 0 Å². The Labute approximate surface area is 184 Å². The van der Waals surface area contributed by atoms with Crippen LogP contribution in [0, 0.1) is 6.92 Å². The summed E-state index contributed by atoms with van der Waals surface area (Å²) >= 11 is 3.59. The third kappa shape index (κ3) is 3.49. The molecule has 0 radical (unpaired) electrons. The fourth-order valence-corrected chi connectivity index (χ4v) is 4.38. The van der Waals surface area contributed by atoms with E-state index < -0.39 is 0 Å². The summed E-state index contributed by atoms with van der Waals surface area (Å²) in [5, 5.41) is 6.99. The zero-order valence-corrected chi connectivity index (χ0v) is 18.7. The van der Waals surface area contributed by atoms with E-state index in [-0.39, 0.29) is 18.4 Å². The molecule has 2 aliphatic heterocycles. The number of fused-ring (bicyclic) bond motifs is 3. The Morgan fingerprint density at radius 3 is 2.60 bits per heavy atom. The van der Waals surface area contributed by atoms with Gasteiger partial charge in [0.05, 0.1) is 12.1 Å². The molecule has 0 saturated heterocycles. The molecule has 0 unspecified atom stereocenters. The molecule has 0 spiro atoms. The Hall–Kier alpha value is -2.73. The lowest BCUT2D eigenvalue weighted by Gasteiger charge is -2.38. The average Bonchev–Trinajstić information content (AvgIpc) is 3.34. The van der Waals surface area contributed by atoms with E-state index in [2.05, 4.69) is 27.0 Å². The summed E-state index contributed by atoms with van der Waals surface area (Å²) in [7, 11) is 0. The Balaban J connectivity index is 1.53. The molecule has 6 heteroatoms. The quantitative estimate of drug-likeness (QED) is 0.447. The molecule has 0 N–H and O–H groups in total. The van der Waals surface area contributed by atoms with E-state index >= 15 is 0 Å². The van der Waals surface area contributed by atoms with E-state index in [0.717, 1.165) is 50.8 Å². The number of hydrogen-bond acceptors (Lipinski definition) is 5. The van der Waals surface area contributed by atoms with Crippen molar-refractivity contribution in [3.8, 4) is 11.5 Å². The maximum absolute atomic E-state index is 6.42. The monoisotopic (exact) mass is 466 g/mol. The van der Waals surface area contributed by atoms with Gasteiger partial charge in [-0.15, -0.1) is 0 Å². The van der Waals surface area contributed by atoms with Crippen molar-refractivity contribution in [2.45, 2.75) is 45.6 Å². The molecule has 30 heavy (non-hydrogen) atoms. The predicted octanol–water partition coefficient (Wildman–Crippen LogP) is 6.38. The molecular weight excluding hydrogens is 444 g/mol. The number of furan rings is 1. The second-order valence-corrected chi connectivity index (χ2v) is 8.86. The molecule has 0 fully saturated rings. The predicted molar refractivity (Wildman–Crippen MR) is 119 cm³/mol. The van der Waals surface area contributed by atoms with Crippen LogP contribution >= 0.6 is 15.9 Å². The third-order valence-corrected chi connectivity index (χ3v) is 5.81. The number of rotatable bonds is 4. The van der Waals surface area contributed by atoms with Gasteiger partial charge < -0.3 is 13.9 Å². The number of aryl methyl sites for hydroxylation is 1. The number of nitrogens with zero attached hydrogens (tertiary/aromatic N) is 2. The van der Waals surface area contributed by atoms with Crippen LogP contribution in [-0.2, 0) is 0 Å². The molecule has 154 valence electrons. The fourth-order valence-electron chi connectivity index (χ4n) is 4.00. The summed E-state index contributed by atoms with van der Waals surface area (Å²) in [6.45, 7) is 5.99. The van der Waals surface area contributed by atoms with Crippen LogP contribution in [0.3, 0.4) is 0 Å². The first-order valence-electron chi connectivity index (χ1n) is 10.1. The van der Waals surface area contributed by atoms with Gasteiger partial charge in [-0.3, -0.25) is 0 Å². The van der Waals surface area contributed by atoms with Crippen molar-refractivity contribution in [2.24, 2.45) is 5.10 Å². The molecule has 0 aliphatic carbocycles. The van der Waals surface area contributed by atoms with Crippen LogP contribution in [0.1, 0.15) is 55.2 Å². The molecule has 3 aromatic rings. The van der Waals surface area contributed by atoms with Gasteiger partial charge in [0.25, 0.3) is 0 Å².